The van der Waals surface area contributed by atoms with Crippen LogP contribution in [0.1, 0.15) is 44.6 Å². The molecule has 0 radical (unpaired) electrons. The summed E-state index contributed by atoms with van der Waals surface area (Å²) in [4.78, 5) is 39.0. The van der Waals surface area contributed by atoms with Gasteiger partial charge in [-0.3, -0.25) is 9.59 Å². The van der Waals surface area contributed by atoms with Crippen LogP contribution in [0.5, 0.6) is 0 Å². The van der Waals surface area contributed by atoms with Crippen molar-refractivity contribution in [3.63, 3.8) is 0 Å². The predicted molar refractivity (Wildman–Crippen MR) is 97.6 cm³/mol. The van der Waals surface area contributed by atoms with Crippen molar-refractivity contribution in [1.82, 2.24) is 5.32 Å². The van der Waals surface area contributed by atoms with Crippen molar-refractivity contribution in [1.29, 1.82) is 0 Å². The Balaban J connectivity index is 1.69. The van der Waals surface area contributed by atoms with Crippen molar-refractivity contribution in [3.05, 3.63) is 29.8 Å². The fraction of sp³-hybridized carbons (Fsp3) is 0.550. The van der Waals surface area contributed by atoms with Gasteiger partial charge in [0.25, 0.3) is 0 Å². The Hall–Kier alpha value is -2.37. The third kappa shape index (κ3) is 3.45. The van der Waals surface area contributed by atoms with Crippen molar-refractivity contribution < 1.29 is 19.1 Å². The van der Waals surface area contributed by atoms with E-state index in [4.69, 9.17) is 4.74 Å². The van der Waals surface area contributed by atoms with E-state index in [1.807, 2.05) is 24.3 Å². The number of esters is 1. The standard InChI is InChI=1S/C20H26N2O4/c1-3-14-6-8-16(9-7-14)22-13-15(12-17(22)23)18(24)21-20(19(25)26-2)10-4-5-11-20/h6-9,15H,3-5,10-13H2,1-2H3,(H,21,24). The summed E-state index contributed by atoms with van der Waals surface area (Å²) in [7, 11) is 1.34. The van der Waals surface area contributed by atoms with Gasteiger partial charge in [0.05, 0.1) is 13.0 Å². The third-order valence-corrected chi connectivity index (χ3v) is 5.55. The number of amides is 2. The van der Waals surface area contributed by atoms with Gasteiger partial charge < -0.3 is 15.0 Å². The van der Waals surface area contributed by atoms with Gasteiger partial charge in [-0.1, -0.05) is 31.9 Å². The summed E-state index contributed by atoms with van der Waals surface area (Å²) in [5.74, 6) is -1.14. The summed E-state index contributed by atoms with van der Waals surface area (Å²) >= 11 is 0. The number of carbonyl (C=O) groups is 3. The number of rotatable bonds is 5. The lowest BCUT2D eigenvalue weighted by molar-refractivity contribution is -0.151. The summed E-state index contributed by atoms with van der Waals surface area (Å²) < 4.78 is 4.90. The average Bonchev–Trinajstić information content (AvgIpc) is 3.28. The first kappa shape index (κ1) is 18.4. The molecular weight excluding hydrogens is 332 g/mol. The summed E-state index contributed by atoms with van der Waals surface area (Å²) in [6.45, 7) is 2.42. The van der Waals surface area contributed by atoms with Gasteiger partial charge in [0.15, 0.2) is 0 Å². The normalized spacial score (nSPS) is 21.7. The number of nitrogens with zero attached hydrogens (tertiary/aromatic N) is 1. The first-order valence-electron chi connectivity index (χ1n) is 9.29. The van der Waals surface area contributed by atoms with E-state index >= 15 is 0 Å². The molecule has 1 aromatic carbocycles. The van der Waals surface area contributed by atoms with E-state index in [0.29, 0.717) is 19.4 Å². The van der Waals surface area contributed by atoms with Crippen LogP contribution >= 0.6 is 0 Å². The van der Waals surface area contributed by atoms with Crippen LogP contribution in [0.3, 0.4) is 0 Å². The van der Waals surface area contributed by atoms with E-state index in [9.17, 15) is 14.4 Å². The van der Waals surface area contributed by atoms with Crippen molar-refractivity contribution in [2.75, 3.05) is 18.6 Å². The molecule has 1 saturated heterocycles. The first-order valence-corrected chi connectivity index (χ1v) is 9.29. The maximum absolute atomic E-state index is 12.8. The minimum atomic E-state index is -0.926. The molecule has 0 bridgehead atoms. The lowest BCUT2D eigenvalue weighted by Gasteiger charge is -2.28. The average molecular weight is 358 g/mol. The van der Waals surface area contributed by atoms with E-state index in [1.54, 1.807) is 4.90 Å². The topological polar surface area (TPSA) is 75.7 Å². The van der Waals surface area contributed by atoms with Gasteiger partial charge >= 0.3 is 5.97 Å². The molecule has 1 unspecified atom stereocenters. The van der Waals surface area contributed by atoms with Crippen LogP contribution in [0.4, 0.5) is 5.69 Å². The van der Waals surface area contributed by atoms with Crippen LogP contribution in [0.15, 0.2) is 24.3 Å². The summed E-state index contributed by atoms with van der Waals surface area (Å²) in [6, 6.07) is 7.84. The fourth-order valence-electron chi connectivity index (χ4n) is 3.94. The molecule has 1 aliphatic carbocycles. The second-order valence-corrected chi connectivity index (χ2v) is 7.20. The van der Waals surface area contributed by atoms with Gasteiger partial charge in [-0.25, -0.2) is 4.79 Å². The zero-order chi connectivity index (χ0) is 18.7. The summed E-state index contributed by atoms with van der Waals surface area (Å²) in [6.07, 6.45) is 4.06. The summed E-state index contributed by atoms with van der Waals surface area (Å²) in [5.41, 5.74) is 1.09. The van der Waals surface area contributed by atoms with Crippen molar-refractivity contribution in [2.45, 2.75) is 51.0 Å². The molecule has 2 fully saturated rings. The van der Waals surface area contributed by atoms with E-state index in [1.165, 1.54) is 12.7 Å². The highest BCUT2D eigenvalue weighted by molar-refractivity contribution is 6.01. The molecule has 1 saturated carbocycles. The molecular formula is C20H26N2O4. The van der Waals surface area contributed by atoms with Crippen LogP contribution in [0.2, 0.25) is 0 Å². The Labute approximate surface area is 153 Å². The minimum Gasteiger partial charge on any atom is -0.467 e. The summed E-state index contributed by atoms with van der Waals surface area (Å²) in [5, 5.41) is 2.90. The van der Waals surface area contributed by atoms with E-state index in [0.717, 1.165) is 24.9 Å². The SMILES string of the molecule is CCc1ccc(N2CC(C(=O)NC3(C(=O)OC)CCCC3)CC2=O)cc1. The van der Waals surface area contributed by atoms with Crippen LogP contribution in [0, 0.1) is 5.92 Å². The Bertz CT molecular complexity index is 692. The molecule has 2 aliphatic rings. The van der Waals surface area contributed by atoms with Gasteiger partial charge in [-0.2, -0.15) is 0 Å². The second kappa shape index (κ2) is 7.48. The predicted octanol–water partition coefficient (Wildman–Crippen LogP) is 2.20. The Morgan fingerprint density at radius 1 is 1.23 bits per heavy atom. The number of benzene rings is 1. The molecule has 0 spiro atoms. The monoisotopic (exact) mass is 358 g/mol. The minimum absolute atomic E-state index is 0.0621. The molecule has 1 aromatic rings. The van der Waals surface area contributed by atoms with Gasteiger partial charge in [-0.15, -0.1) is 0 Å². The van der Waals surface area contributed by atoms with Crippen LogP contribution in [-0.2, 0) is 25.5 Å². The first-order chi connectivity index (χ1) is 12.5. The van der Waals surface area contributed by atoms with Gasteiger partial charge in [-0.05, 0) is 37.0 Å². The quantitative estimate of drug-likeness (QED) is 0.819. The maximum Gasteiger partial charge on any atom is 0.331 e. The van der Waals surface area contributed by atoms with E-state index in [2.05, 4.69) is 12.2 Å². The Kier molecular flexibility index (Phi) is 5.30. The zero-order valence-corrected chi connectivity index (χ0v) is 15.4. The Morgan fingerprint density at radius 3 is 2.46 bits per heavy atom. The number of carbonyl (C=O) groups excluding carboxylic acids is 3. The second-order valence-electron chi connectivity index (χ2n) is 7.20. The number of nitrogens with one attached hydrogen (secondary N) is 1. The molecule has 1 heterocycles. The smallest absolute Gasteiger partial charge is 0.331 e. The van der Waals surface area contributed by atoms with Gasteiger partial charge in [0.1, 0.15) is 5.54 Å². The molecule has 3 rings (SSSR count). The van der Waals surface area contributed by atoms with Crippen LogP contribution < -0.4 is 10.2 Å². The van der Waals surface area contributed by atoms with Gasteiger partial charge in [0.2, 0.25) is 11.8 Å². The highest BCUT2D eigenvalue weighted by Gasteiger charge is 2.46. The Morgan fingerprint density at radius 2 is 1.88 bits per heavy atom. The molecule has 0 aromatic heterocycles. The highest BCUT2D eigenvalue weighted by Crippen LogP contribution is 2.32. The maximum atomic E-state index is 12.8. The number of hydrogen-bond donors (Lipinski definition) is 1. The molecule has 2 amide bonds. The molecule has 6 heteroatoms. The lowest BCUT2D eigenvalue weighted by Crippen LogP contribution is -2.54. The molecule has 6 nitrogen and oxygen atoms in total. The number of ether oxygens (including phenoxy) is 1. The zero-order valence-electron chi connectivity index (χ0n) is 15.4. The lowest BCUT2D eigenvalue weighted by atomic mass is 9.96. The molecule has 1 aliphatic heterocycles. The third-order valence-electron chi connectivity index (χ3n) is 5.55. The highest BCUT2D eigenvalue weighted by atomic mass is 16.5. The number of anilines is 1. The van der Waals surface area contributed by atoms with E-state index < -0.39 is 11.5 Å². The van der Waals surface area contributed by atoms with Crippen molar-refractivity contribution in [3.8, 4) is 0 Å². The van der Waals surface area contributed by atoms with Gasteiger partial charge in [0, 0.05) is 18.7 Å². The molecule has 1 atom stereocenters. The fourth-order valence-corrected chi connectivity index (χ4v) is 3.94. The molecule has 1 N–H and O–H groups in total. The van der Waals surface area contributed by atoms with Crippen LogP contribution in [-0.4, -0.2) is 37.0 Å². The number of methoxy groups -OCH3 is 1. The largest absolute Gasteiger partial charge is 0.467 e. The number of hydrogen-bond acceptors (Lipinski definition) is 4. The van der Waals surface area contributed by atoms with Crippen LogP contribution in [0.25, 0.3) is 0 Å². The van der Waals surface area contributed by atoms with E-state index in [-0.39, 0.29) is 24.2 Å². The van der Waals surface area contributed by atoms with Crippen molar-refractivity contribution in [2.24, 2.45) is 5.92 Å². The molecule has 26 heavy (non-hydrogen) atoms. The number of aryl methyl sites for hydroxylation is 1. The molecule has 140 valence electrons. The van der Waals surface area contributed by atoms with Crippen molar-refractivity contribution >= 4 is 23.5 Å².